The van der Waals surface area contributed by atoms with E-state index in [1.165, 1.54) is 0 Å². The number of carbonyl (C=O) groups excluding carboxylic acids is 1. The number of aromatic nitrogens is 2. The summed E-state index contributed by atoms with van der Waals surface area (Å²) in [7, 11) is -3.65. The van der Waals surface area contributed by atoms with Crippen molar-refractivity contribution >= 4 is 32.4 Å². The Morgan fingerprint density at radius 2 is 1.90 bits per heavy atom. The van der Waals surface area contributed by atoms with Gasteiger partial charge in [0, 0.05) is 12.5 Å². The quantitative estimate of drug-likeness (QED) is 0.633. The molecule has 1 amide bonds. The fraction of sp³-hybridized carbons (Fsp3) is 0.750. The van der Waals surface area contributed by atoms with Gasteiger partial charge in [-0.25, -0.2) is 13.1 Å². The molecule has 1 aliphatic carbocycles. The van der Waals surface area contributed by atoms with E-state index >= 15 is 0 Å². The Kier molecular flexibility index (Phi) is 5.65. The van der Waals surface area contributed by atoms with E-state index in [2.05, 4.69) is 20.2 Å². The van der Waals surface area contributed by atoms with Gasteiger partial charge >= 0.3 is 0 Å². The molecule has 9 heteroatoms. The lowest BCUT2D eigenvalue weighted by Crippen LogP contribution is -2.34. The fourth-order valence-electron chi connectivity index (χ4n) is 2.24. The molecule has 1 heterocycles. The monoisotopic (exact) mass is 332 g/mol. The molecular weight excluding hydrogens is 312 g/mol. The second-order valence-corrected chi connectivity index (χ2v) is 7.95. The minimum absolute atomic E-state index is 0.0323. The van der Waals surface area contributed by atoms with E-state index in [0.29, 0.717) is 6.42 Å². The summed E-state index contributed by atoms with van der Waals surface area (Å²) in [6.07, 6.45) is 6.42. The molecule has 1 aromatic heterocycles. The molecular formula is C12H20N4O3S2. The van der Waals surface area contributed by atoms with Crippen LogP contribution in [0.5, 0.6) is 0 Å². The van der Waals surface area contributed by atoms with E-state index in [1.807, 2.05) is 0 Å². The third-order valence-corrected chi connectivity index (χ3v) is 6.11. The summed E-state index contributed by atoms with van der Waals surface area (Å²) in [6, 6.07) is -0.0323. The van der Waals surface area contributed by atoms with Crippen molar-refractivity contribution in [3.63, 3.8) is 0 Å². The number of nitrogens with zero attached hydrogens (tertiary/aromatic N) is 2. The summed E-state index contributed by atoms with van der Waals surface area (Å²) in [5.41, 5.74) is 0. The van der Waals surface area contributed by atoms with Crippen LogP contribution in [0.3, 0.4) is 0 Å². The van der Waals surface area contributed by atoms with Crippen LogP contribution in [-0.2, 0) is 14.8 Å². The molecule has 0 spiro atoms. The SMILES string of the molecule is CCC(=O)Nc1nnc(S(=O)(=O)NC2CCCCCC2)s1. The average molecular weight is 332 g/mol. The fourth-order valence-corrected chi connectivity index (χ4v) is 4.48. The van der Waals surface area contributed by atoms with Gasteiger partial charge in [0.1, 0.15) is 0 Å². The summed E-state index contributed by atoms with van der Waals surface area (Å²) in [5, 5.41) is 10.1. The van der Waals surface area contributed by atoms with E-state index in [9.17, 15) is 13.2 Å². The Morgan fingerprint density at radius 3 is 2.52 bits per heavy atom. The van der Waals surface area contributed by atoms with Gasteiger partial charge in [0.25, 0.3) is 10.0 Å². The van der Waals surface area contributed by atoms with Crippen LogP contribution in [0, 0.1) is 0 Å². The highest BCUT2D eigenvalue weighted by molar-refractivity contribution is 7.91. The van der Waals surface area contributed by atoms with Crippen LogP contribution in [0.2, 0.25) is 0 Å². The molecule has 0 saturated heterocycles. The highest BCUT2D eigenvalue weighted by Crippen LogP contribution is 2.23. The molecule has 2 N–H and O–H groups in total. The molecule has 1 saturated carbocycles. The largest absolute Gasteiger partial charge is 0.301 e. The molecule has 0 atom stereocenters. The standard InChI is InChI=1S/C12H20N4O3S2/c1-2-10(17)13-11-14-15-12(20-11)21(18,19)16-9-7-5-3-4-6-8-9/h9,16H,2-8H2,1H3,(H,13,14,17). The number of carbonyl (C=O) groups is 1. The van der Waals surface area contributed by atoms with Crippen molar-refractivity contribution in [2.24, 2.45) is 0 Å². The molecule has 7 nitrogen and oxygen atoms in total. The Morgan fingerprint density at radius 1 is 1.24 bits per heavy atom. The minimum Gasteiger partial charge on any atom is -0.301 e. The van der Waals surface area contributed by atoms with Gasteiger partial charge in [-0.05, 0) is 12.8 Å². The molecule has 0 aromatic carbocycles. The lowest BCUT2D eigenvalue weighted by molar-refractivity contribution is -0.115. The third kappa shape index (κ3) is 4.72. The number of anilines is 1. The van der Waals surface area contributed by atoms with Crippen molar-refractivity contribution < 1.29 is 13.2 Å². The van der Waals surface area contributed by atoms with Crippen LogP contribution in [0.25, 0.3) is 0 Å². The highest BCUT2D eigenvalue weighted by atomic mass is 32.2. The molecule has 1 fully saturated rings. The molecule has 0 bridgehead atoms. The maximum atomic E-state index is 12.3. The zero-order valence-electron chi connectivity index (χ0n) is 12.0. The van der Waals surface area contributed by atoms with Crippen molar-refractivity contribution in [1.82, 2.24) is 14.9 Å². The van der Waals surface area contributed by atoms with Crippen LogP contribution in [0.15, 0.2) is 4.34 Å². The van der Waals surface area contributed by atoms with Gasteiger partial charge in [-0.15, -0.1) is 10.2 Å². The zero-order chi connectivity index (χ0) is 15.3. The molecule has 2 rings (SSSR count). The number of hydrogen-bond donors (Lipinski definition) is 2. The van der Waals surface area contributed by atoms with Gasteiger partial charge in [0.2, 0.25) is 15.4 Å². The Hall–Kier alpha value is -1.06. The lowest BCUT2D eigenvalue weighted by atomic mass is 10.1. The van der Waals surface area contributed by atoms with Crippen LogP contribution < -0.4 is 10.0 Å². The first kappa shape index (κ1) is 16.3. The van der Waals surface area contributed by atoms with Gasteiger partial charge in [0.05, 0.1) is 0 Å². The third-order valence-electron chi connectivity index (χ3n) is 3.38. The topological polar surface area (TPSA) is 101 Å². The van der Waals surface area contributed by atoms with Crippen LogP contribution in [0.4, 0.5) is 5.13 Å². The second-order valence-electron chi connectivity index (χ2n) is 5.08. The zero-order valence-corrected chi connectivity index (χ0v) is 13.6. The predicted octanol–water partition coefficient (Wildman–Crippen LogP) is 1.89. The Labute approximate surface area is 128 Å². The first-order valence-electron chi connectivity index (χ1n) is 7.17. The maximum absolute atomic E-state index is 12.3. The second kappa shape index (κ2) is 7.28. The lowest BCUT2D eigenvalue weighted by Gasteiger charge is -2.14. The molecule has 0 radical (unpaired) electrons. The molecule has 21 heavy (non-hydrogen) atoms. The normalized spacial score (nSPS) is 17.4. The number of amides is 1. The Balaban J connectivity index is 2.03. The van der Waals surface area contributed by atoms with Gasteiger partial charge in [0.15, 0.2) is 0 Å². The summed E-state index contributed by atoms with van der Waals surface area (Å²) in [4.78, 5) is 11.3. The van der Waals surface area contributed by atoms with Crippen molar-refractivity contribution in [3.05, 3.63) is 0 Å². The number of sulfonamides is 1. The number of hydrogen-bond acceptors (Lipinski definition) is 6. The Bertz CT molecular complexity index is 577. The predicted molar refractivity (Wildman–Crippen MR) is 80.6 cm³/mol. The smallest absolute Gasteiger partial charge is 0.270 e. The minimum atomic E-state index is -3.65. The van der Waals surface area contributed by atoms with Gasteiger partial charge in [-0.3, -0.25) is 4.79 Å². The molecule has 0 unspecified atom stereocenters. The summed E-state index contributed by atoms with van der Waals surface area (Å²) in [5.74, 6) is -0.216. The molecule has 0 aliphatic heterocycles. The molecule has 1 aliphatic rings. The van der Waals surface area contributed by atoms with Crippen molar-refractivity contribution in [2.45, 2.75) is 62.3 Å². The summed E-state index contributed by atoms with van der Waals surface area (Å²) in [6.45, 7) is 1.71. The number of rotatable bonds is 5. The van der Waals surface area contributed by atoms with Crippen molar-refractivity contribution in [2.75, 3.05) is 5.32 Å². The van der Waals surface area contributed by atoms with E-state index < -0.39 is 10.0 Å². The molecule has 1 aromatic rings. The van der Waals surface area contributed by atoms with E-state index in [-0.39, 0.29) is 21.4 Å². The van der Waals surface area contributed by atoms with Gasteiger partial charge in [-0.1, -0.05) is 43.9 Å². The molecule has 118 valence electrons. The average Bonchev–Trinajstić information content (AvgIpc) is 2.77. The van der Waals surface area contributed by atoms with Crippen LogP contribution >= 0.6 is 11.3 Å². The summed E-state index contributed by atoms with van der Waals surface area (Å²) < 4.78 is 27.1. The van der Waals surface area contributed by atoms with E-state index in [0.717, 1.165) is 49.9 Å². The van der Waals surface area contributed by atoms with Crippen LogP contribution in [-0.4, -0.2) is 30.6 Å². The maximum Gasteiger partial charge on any atom is 0.270 e. The van der Waals surface area contributed by atoms with Gasteiger partial charge in [-0.2, -0.15) is 0 Å². The summed E-state index contributed by atoms with van der Waals surface area (Å²) >= 11 is 0.873. The number of nitrogens with one attached hydrogen (secondary N) is 2. The van der Waals surface area contributed by atoms with Crippen LogP contribution in [0.1, 0.15) is 51.9 Å². The van der Waals surface area contributed by atoms with Crippen molar-refractivity contribution in [1.29, 1.82) is 0 Å². The van der Waals surface area contributed by atoms with E-state index in [4.69, 9.17) is 0 Å². The van der Waals surface area contributed by atoms with Gasteiger partial charge < -0.3 is 5.32 Å². The first-order valence-corrected chi connectivity index (χ1v) is 9.47. The first-order chi connectivity index (χ1) is 10.0. The van der Waals surface area contributed by atoms with E-state index in [1.54, 1.807) is 6.92 Å². The highest BCUT2D eigenvalue weighted by Gasteiger charge is 2.25. The van der Waals surface area contributed by atoms with Crippen molar-refractivity contribution in [3.8, 4) is 0 Å².